The molecule has 0 aromatic carbocycles. The molecule has 0 atom stereocenters. The first-order valence-electron chi connectivity index (χ1n) is 5.22. The summed E-state index contributed by atoms with van der Waals surface area (Å²) >= 11 is 2.96. The summed E-state index contributed by atoms with van der Waals surface area (Å²) in [6.07, 6.45) is 0. The van der Waals surface area contributed by atoms with Crippen LogP contribution in [-0.2, 0) is 27.1 Å². The highest BCUT2D eigenvalue weighted by atomic mass is 79.9. The van der Waals surface area contributed by atoms with Crippen LogP contribution in [0.1, 0.15) is 6.92 Å². The van der Waals surface area contributed by atoms with Gasteiger partial charge in [-0.3, -0.25) is 0 Å². The van der Waals surface area contributed by atoms with Gasteiger partial charge < -0.3 is 0 Å². The van der Waals surface area contributed by atoms with Gasteiger partial charge in [-0.05, 0) is 15.9 Å². The van der Waals surface area contributed by atoms with Gasteiger partial charge in [0, 0.05) is 20.1 Å². The Morgan fingerprint density at radius 2 is 1.89 bits per heavy atom. The molecule has 0 aliphatic heterocycles. The molecule has 0 aliphatic rings. The maximum absolute atomic E-state index is 11.9. The van der Waals surface area contributed by atoms with Gasteiger partial charge in [0.2, 0.25) is 15.0 Å². The third kappa shape index (κ3) is 4.49. The SMILES string of the molecule is CCNS(=O)(=O)CCNS(=O)(=O)c1c(Br)nnn1C. The Morgan fingerprint density at radius 1 is 1.26 bits per heavy atom. The zero-order valence-electron chi connectivity index (χ0n) is 10.3. The molecular formula is C7H14BrN5O4S2. The Labute approximate surface area is 120 Å². The lowest BCUT2D eigenvalue weighted by Gasteiger charge is -2.07. The quantitative estimate of drug-likeness (QED) is 0.616. The summed E-state index contributed by atoms with van der Waals surface area (Å²) in [7, 11) is -5.92. The molecular weight excluding hydrogens is 362 g/mol. The van der Waals surface area contributed by atoms with Gasteiger partial charge in [-0.15, -0.1) is 5.10 Å². The van der Waals surface area contributed by atoms with Gasteiger partial charge in [0.15, 0.2) is 4.60 Å². The Hall–Kier alpha value is -0.560. The van der Waals surface area contributed by atoms with E-state index in [2.05, 4.69) is 35.7 Å². The van der Waals surface area contributed by atoms with Gasteiger partial charge in [-0.1, -0.05) is 12.1 Å². The Balaban J connectivity index is 2.73. The van der Waals surface area contributed by atoms with Crippen molar-refractivity contribution in [1.29, 1.82) is 0 Å². The number of rotatable bonds is 7. The molecule has 12 heteroatoms. The third-order valence-electron chi connectivity index (χ3n) is 2.02. The van der Waals surface area contributed by atoms with Crippen molar-refractivity contribution in [3.05, 3.63) is 4.60 Å². The lowest BCUT2D eigenvalue weighted by atomic mass is 10.8. The standard InChI is InChI=1S/C7H14BrN5O4S2/c1-3-9-18(14,15)5-4-10-19(16,17)7-6(8)11-12-13(7)2/h9-10H,3-5H2,1-2H3. The molecule has 0 radical (unpaired) electrons. The fraction of sp³-hybridized carbons (Fsp3) is 0.714. The van der Waals surface area contributed by atoms with Gasteiger partial charge in [0.25, 0.3) is 10.0 Å². The van der Waals surface area contributed by atoms with E-state index in [4.69, 9.17) is 0 Å². The Morgan fingerprint density at radius 3 is 2.37 bits per heavy atom. The van der Waals surface area contributed by atoms with Gasteiger partial charge >= 0.3 is 0 Å². The zero-order chi connectivity index (χ0) is 14.7. The lowest BCUT2D eigenvalue weighted by molar-refractivity contribution is 0.560. The van der Waals surface area contributed by atoms with Crippen LogP contribution in [0.4, 0.5) is 0 Å². The molecule has 1 rings (SSSR count). The largest absolute Gasteiger partial charge is 0.260 e. The molecule has 0 spiro atoms. The number of aryl methyl sites for hydroxylation is 1. The first-order valence-corrected chi connectivity index (χ1v) is 9.14. The summed E-state index contributed by atoms with van der Waals surface area (Å²) in [5, 5.41) is 6.93. The van der Waals surface area contributed by atoms with Crippen molar-refractivity contribution in [2.75, 3.05) is 18.8 Å². The topological polar surface area (TPSA) is 123 Å². The highest BCUT2D eigenvalue weighted by molar-refractivity contribution is 9.10. The molecule has 0 unspecified atom stereocenters. The minimum Gasteiger partial charge on any atom is -0.235 e. The van der Waals surface area contributed by atoms with Crippen LogP contribution in [-0.4, -0.2) is 50.7 Å². The van der Waals surface area contributed by atoms with Crippen LogP contribution in [0.3, 0.4) is 0 Å². The highest BCUT2D eigenvalue weighted by Gasteiger charge is 2.24. The predicted molar refractivity (Wildman–Crippen MR) is 71.4 cm³/mol. The number of hydrogen-bond donors (Lipinski definition) is 2. The predicted octanol–water partition coefficient (Wildman–Crippen LogP) is -1.20. The molecule has 0 saturated heterocycles. The maximum atomic E-state index is 11.9. The molecule has 0 amide bonds. The number of nitrogens with one attached hydrogen (secondary N) is 2. The van der Waals surface area contributed by atoms with Crippen molar-refractivity contribution >= 4 is 36.0 Å². The van der Waals surface area contributed by atoms with Gasteiger partial charge in [-0.25, -0.2) is 31.0 Å². The highest BCUT2D eigenvalue weighted by Crippen LogP contribution is 2.17. The van der Waals surface area contributed by atoms with E-state index in [0.717, 1.165) is 4.68 Å². The van der Waals surface area contributed by atoms with E-state index < -0.39 is 20.0 Å². The van der Waals surface area contributed by atoms with E-state index in [9.17, 15) is 16.8 Å². The summed E-state index contributed by atoms with van der Waals surface area (Å²) in [6.45, 7) is 1.65. The van der Waals surface area contributed by atoms with Crippen LogP contribution in [0.25, 0.3) is 0 Å². The van der Waals surface area contributed by atoms with Crippen molar-refractivity contribution in [3.63, 3.8) is 0 Å². The van der Waals surface area contributed by atoms with Gasteiger partial charge in [0.05, 0.1) is 5.75 Å². The van der Waals surface area contributed by atoms with Crippen LogP contribution in [0, 0.1) is 0 Å². The van der Waals surface area contributed by atoms with Crippen LogP contribution in [0.2, 0.25) is 0 Å². The number of halogens is 1. The minimum absolute atomic E-state index is 0.0667. The fourth-order valence-electron chi connectivity index (χ4n) is 1.28. The second-order valence-corrected chi connectivity index (χ2v) is 7.88. The summed E-state index contributed by atoms with van der Waals surface area (Å²) in [5.74, 6) is -0.344. The van der Waals surface area contributed by atoms with Gasteiger partial charge in [-0.2, -0.15) is 0 Å². The molecule has 0 fully saturated rings. The third-order valence-corrected chi connectivity index (χ3v) is 5.84. The first-order chi connectivity index (χ1) is 8.69. The van der Waals surface area contributed by atoms with Crippen LogP contribution >= 0.6 is 15.9 Å². The van der Waals surface area contributed by atoms with E-state index in [0.29, 0.717) is 0 Å². The number of sulfonamides is 2. The molecule has 0 saturated carbocycles. The number of aromatic nitrogens is 3. The van der Waals surface area contributed by atoms with E-state index in [1.807, 2.05) is 0 Å². The van der Waals surface area contributed by atoms with E-state index in [-0.39, 0.29) is 28.5 Å². The monoisotopic (exact) mass is 375 g/mol. The number of nitrogens with zero attached hydrogens (tertiary/aromatic N) is 3. The molecule has 19 heavy (non-hydrogen) atoms. The number of hydrogen-bond acceptors (Lipinski definition) is 6. The van der Waals surface area contributed by atoms with Crippen LogP contribution in [0.5, 0.6) is 0 Å². The van der Waals surface area contributed by atoms with E-state index >= 15 is 0 Å². The van der Waals surface area contributed by atoms with Crippen LogP contribution in [0.15, 0.2) is 9.63 Å². The summed E-state index contributed by atoms with van der Waals surface area (Å²) in [6, 6.07) is 0. The van der Waals surface area contributed by atoms with E-state index in [1.54, 1.807) is 6.92 Å². The summed E-state index contributed by atoms with van der Waals surface area (Å²) < 4.78 is 52.1. The molecule has 1 heterocycles. The maximum Gasteiger partial charge on any atom is 0.260 e. The first kappa shape index (κ1) is 16.5. The molecule has 1 aromatic rings. The van der Waals surface area contributed by atoms with Crippen molar-refractivity contribution in [2.24, 2.45) is 7.05 Å². The molecule has 1 aromatic heterocycles. The normalized spacial score (nSPS) is 12.8. The summed E-state index contributed by atoms with van der Waals surface area (Å²) in [5.41, 5.74) is 0. The minimum atomic E-state index is -3.87. The average molecular weight is 376 g/mol. The molecule has 2 N–H and O–H groups in total. The Kier molecular flexibility index (Phi) is 5.43. The molecule has 0 aliphatic carbocycles. The smallest absolute Gasteiger partial charge is 0.235 e. The molecule has 110 valence electrons. The van der Waals surface area contributed by atoms with Crippen LogP contribution < -0.4 is 9.44 Å². The summed E-state index contributed by atoms with van der Waals surface area (Å²) in [4.78, 5) is 0. The van der Waals surface area contributed by atoms with Crippen molar-refractivity contribution in [3.8, 4) is 0 Å². The van der Waals surface area contributed by atoms with Crippen molar-refractivity contribution < 1.29 is 16.8 Å². The van der Waals surface area contributed by atoms with Crippen molar-refractivity contribution in [2.45, 2.75) is 11.9 Å². The molecule has 0 bridgehead atoms. The molecule has 9 nitrogen and oxygen atoms in total. The van der Waals surface area contributed by atoms with E-state index in [1.165, 1.54) is 7.05 Å². The van der Waals surface area contributed by atoms with Gasteiger partial charge in [0.1, 0.15) is 0 Å². The average Bonchev–Trinajstić information content (AvgIpc) is 2.58. The zero-order valence-corrected chi connectivity index (χ0v) is 13.5. The Bertz CT molecular complexity index is 619. The lowest BCUT2D eigenvalue weighted by Crippen LogP contribution is -2.35. The van der Waals surface area contributed by atoms with Crippen molar-refractivity contribution in [1.82, 2.24) is 24.4 Å². The second kappa shape index (κ2) is 6.26. The fourth-order valence-corrected chi connectivity index (χ4v) is 4.48. The second-order valence-electron chi connectivity index (χ2n) is 3.52.